The summed E-state index contributed by atoms with van der Waals surface area (Å²) in [7, 11) is 4.08. The molecule has 1 aromatic carbocycles. The number of ether oxygens (including phenoxy) is 2. The molecule has 0 bridgehead atoms. The number of esters is 1. The molecule has 0 aliphatic rings. The summed E-state index contributed by atoms with van der Waals surface area (Å²) in [4.78, 5) is 27.3. The Labute approximate surface area is 148 Å². The summed E-state index contributed by atoms with van der Waals surface area (Å²) >= 11 is 0. The Morgan fingerprint density at radius 1 is 1.28 bits per heavy atom. The van der Waals surface area contributed by atoms with Crippen LogP contribution in [0.15, 0.2) is 24.4 Å². The molecule has 6 nitrogen and oxygen atoms in total. The first-order chi connectivity index (χ1) is 12.1. The predicted octanol–water partition coefficient (Wildman–Crippen LogP) is 2.91. The van der Waals surface area contributed by atoms with Gasteiger partial charge in [0.1, 0.15) is 12.0 Å². The first-order valence-corrected chi connectivity index (χ1v) is 8.57. The van der Waals surface area contributed by atoms with E-state index in [9.17, 15) is 9.59 Å². The van der Waals surface area contributed by atoms with Gasteiger partial charge >= 0.3 is 5.97 Å². The lowest BCUT2D eigenvalue weighted by Crippen LogP contribution is -2.15. The fourth-order valence-corrected chi connectivity index (χ4v) is 2.61. The van der Waals surface area contributed by atoms with Crippen LogP contribution in [0.25, 0.3) is 10.9 Å². The fourth-order valence-electron chi connectivity index (χ4n) is 2.61. The Morgan fingerprint density at radius 3 is 2.88 bits per heavy atom. The van der Waals surface area contributed by atoms with Crippen molar-refractivity contribution in [2.24, 2.45) is 0 Å². The SMILES string of the molecule is CN(C)CCc1c[nH]c2cccc(OCOC(=O)CCCCC=O)c12. The summed E-state index contributed by atoms with van der Waals surface area (Å²) in [6, 6.07) is 5.79. The minimum atomic E-state index is -0.306. The topological polar surface area (TPSA) is 71.6 Å². The number of H-pyrrole nitrogens is 1. The summed E-state index contributed by atoms with van der Waals surface area (Å²) in [5, 5.41) is 1.03. The molecule has 0 amide bonds. The lowest BCUT2D eigenvalue weighted by atomic mass is 10.1. The third kappa shape index (κ3) is 5.90. The maximum Gasteiger partial charge on any atom is 0.308 e. The van der Waals surface area contributed by atoms with Crippen LogP contribution in [0, 0.1) is 0 Å². The van der Waals surface area contributed by atoms with E-state index < -0.39 is 0 Å². The van der Waals surface area contributed by atoms with Crippen LogP contribution in [0.4, 0.5) is 0 Å². The Morgan fingerprint density at radius 2 is 2.12 bits per heavy atom. The van der Waals surface area contributed by atoms with E-state index in [1.165, 1.54) is 5.56 Å². The van der Waals surface area contributed by atoms with Gasteiger partial charge < -0.3 is 24.2 Å². The van der Waals surface area contributed by atoms with Crippen molar-refractivity contribution in [3.8, 4) is 5.75 Å². The van der Waals surface area contributed by atoms with Gasteiger partial charge in [-0.15, -0.1) is 0 Å². The average molecular weight is 346 g/mol. The Kier molecular flexibility index (Phi) is 7.47. The van der Waals surface area contributed by atoms with Gasteiger partial charge in [-0.05, 0) is 51.1 Å². The maximum atomic E-state index is 11.7. The number of nitrogens with zero attached hydrogens (tertiary/aromatic N) is 1. The van der Waals surface area contributed by atoms with Gasteiger partial charge in [0.2, 0.25) is 6.79 Å². The van der Waals surface area contributed by atoms with Crippen molar-refractivity contribution in [1.29, 1.82) is 0 Å². The van der Waals surface area contributed by atoms with Gasteiger partial charge in [-0.25, -0.2) is 0 Å². The Bertz CT molecular complexity index is 694. The lowest BCUT2D eigenvalue weighted by molar-refractivity contribution is -0.150. The number of aromatic nitrogens is 1. The number of hydrogen-bond acceptors (Lipinski definition) is 5. The molecule has 2 rings (SSSR count). The molecule has 0 aliphatic carbocycles. The molecule has 0 saturated carbocycles. The number of rotatable bonds is 11. The maximum absolute atomic E-state index is 11.7. The molecule has 1 heterocycles. The number of carbonyl (C=O) groups is 2. The molecular weight excluding hydrogens is 320 g/mol. The van der Waals surface area contributed by atoms with E-state index in [0.29, 0.717) is 31.4 Å². The number of likely N-dealkylation sites (N-methyl/N-ethyl adjacent to an activating group) is 1. The highest BCUT2D eigenvalue weighted by atomic mass is 16.7. The van der Waals surface area contributed by atoms with E-state index in [-0.39, 0.29) is 12.8 Å². The summed E-state index contributed by atoms with van der Waals surface area (Å²) in [6.45, 7) is 0.834. The van der Waals surface area contributed by atoms with Crippen LogP contribution >= 0.6 is 0 Å². The van der Waals surface area contributed by atoms with Crippen molar-refractivity contribution >= 4 is 23.2 Å². The zero-order chi connectivity index (χ0) is 18.1. The molecule has 1 N–H and O–H groups in total. The van der Waals surface area contributed by atoms with Crippen molar-refractivity contribution in [2.45, 2.75) is 32.1 Å². The molecule has 0 unspecified atom stereocenters. The zero-order valence-corrected chi connectivity index (χ0v) is 14.9. The lowest BCUT2D eigenvalue weighted by Gasteiger charge is -2.11. The standard InChI is InChI=1S/C19H26N2O4/c1-21(2)11-10-15-13-20-16-7-6-8-17(19(15)16)24-14-25-18(23)9-4-3-5-12-22/h6-8,12-13,20H,3-5,9-11,14H2,1-2H3. The number of aldehydes is 1. The Balaban J connectivity index is 1.91. The first-order valence-electron chi connectivity index (χ1n) is 8.57. The van der Waals surface area contributed by atoms with Crippen LogP contribution in [-0.2, 0) is 20.7 Å². The first kappa shape index (κ1) is 19.0. The largest absolute Gasteiger partial charge is 0.457 e. The van der Waals surface area contributed by atoms with Crippen LogP contribution in [0.3, 0.4) is 0 Å². The number of aromatic amines is 1. The highest BCUT2D eigenvalue weighted by Crippen LogP contribution is 2.29. The van der Waals surface area contributed by atoms with E-state index in [1.54, 1.807) is 0 Å². The molecule has 0 aliphatic heterocycles. The van der Waals surface area contributed by atoms with Crippen molar-refractivity contribution < 1.29 is 19.1 Å². The Hall–Kier alpha value is -2.34. The second kappa shape index (κ2) is 9.84. The van der Waals surface area contributed by atoms with Crippen molar-refractivity contribution in [3.05, 3.63) is 30.0 Å². The van der Waals surface area contributed by atoms with Gasteiger partial charge in [-0.3, -0.25) is 4.79 Å². The fraction of sp³-hybridized carbons (Fsp3) is 0.474. The molecule has 1 aromatic heterocycles. The van der Waals surface area contributed by atoms with Crippen molar-refractivity contribution in [2.75, 3.05) is 27.4 Å². The molecule has 136 valence electrons. The summed E-state index contributed by atoms with van der Waals surface area (Å²) in [5.74, 6) is 0.404. The molecule has 25 heavy (non-hydrogen) atoms. The number of fused-ring (bicyclic) bond motifs is 1. The third-order valence-electron chi connectivity index (χ3n) is 3.96. The minimum Gasteiger partial charge on any atom is -0.457 e. The molecule has 0 fully saturated rings. The van der Waals surface area contributed by atoms with Crippen LogP contribution in [0.2, 0.25) is 0 Å². The van der Waals surface area contributed by atoms with Gasteiger partial charge in [0.25, 0.3) is 0 Å². The number of unbranched alkanes of at least 4 members (excludes halogenated alkanes) is 2. The van der Waals surface area contributed by atoms with E-state index in [4.69, 9.17) is 9.47 Å². The van der Waals surface area contributed by atoms with Crippen LogP contribution in [-0.4, -0.2) is 49.6 Å². The summed E-state index contributed by atoms with van der Waals surface area (Å²) in [6.07, 6.45) is 5.91. The average Bonchev–Trinajstić information content (AvgIpc) is 3.01. The third-order valence-corrected chi connectivity index (χ3v) is 3.96. The molecule has 6 heteroatoms. The normalized spacial score (nSPS) is 11.0. The van der Waals surface area contributed by atoms with Gasteiger partial charge in [0.05, 0.1) is 0 Å². The number of benzene rings is 1. The van der Waals surface area contributed by atoms with Gasteiger partial charge in [-0.2, -0.15) is 0 Å². The molecule has 0 saturated heterocycles. The number of hydrogen-bond donors (Lipinski definition) is 1. The monoisotopic (exact) mass is 346 g/mol. The molecular formula is C19H26N2O4. The van der Waals surface area contributed by atoms with Gasteiger partial charge in [-0.1, -0.05) is 6.07 Å². The van der Waals surface area contributed by atoms with E-state index in [1.807, 2.05) is 38.5 Å². The second-order valence-electron chi connectivity index (χ2n) is 6.24. The smallest absolute Gasteiger partial charge is 0.308 e. The van der Waals surface area contributed by atoms with E-state index >= 15 is 0 Å². The summed E-state index contributed by atoms with van der Waals surface area (Å²) < 4.78 is 10.8. The van der Waals surface area contributed by atoms with Crippen LogP contribution in [0.1, 0.15) is 31.2 Å². The van der Waals surface area contributed by atoms with Crippen molar-refractivity contribution in [3.63, 3.8) is 0 Å². The van der Waals surface area contributed by atoms with Crippen LogP contribution in [0.5, 0.6) is 5.75 Å². The molecule has 0 radical (unpaired) electrons. The number of nitrogens with one attached hydrogen (secondary N) is 1. The quantitative estimate of drug-likeness (QED) is 0.293. The van der Waals surface area contributed by atoms with Gasteiger partial charge in [0.15, 0.2) is 0 Å². The molecule has 0 atom stereocenters. The van der Waals surface area contributed by atoms with Gasteiger partial charge in [0, 0.05) is 36.5 Å². The van der Waals surface area contributed by atoms with Crippen molar-refractivity contribution in [1.82, 2.24) is 9.88 Å². The second-order valence-corrected chi connectivity index (χ2v) is 6.24. The van der Waals surface area contributed by atoms with Crippen LogP contribution < -0.4 is 4.74 Å². The molecule has 0 spiro atoms. The highest BCUT2D eigenvalue weighted by Gasteiger charge is 2.11. The minimum absolute atomic E-state index is 0.107. The van der Waals surface area contributed by atoms with E-state index in [2.05, 4.69) is 9.88 Å². The number of carbonyl (C=O) groups excluding carboxylic acids is 2. The summed E-state index contributed by atoms with van der Waals surface area (Å²) in [5.41, 5.74) is 2.19. The highest BCUT2D eigenvalue weighted by molar-refractivity contribution is 5.89. The molecule has 2 aromatic rings. The van der Waals surface area contributed by atoms with E-state index in [0.717, 1.165) is 30.2 Å². The zero-order valence-electron chi connectivity index (χ0n) is 14.9. The predicted molar refractivity (Wildman–Crippen MR) is 96.7 cm³/mol.